The Morgan fingerprint density at radius 1 is 0.879 bits per heavy atom. The van der Waals surface area contributed by atoms with Gasteiger partial charge < -0.3 is 29.8 Å². The number of hydrogen-bond donors (Lipinski definition) is 4. The molecule has 0 radical (unpaired) electrons. The second kappa shape index (κ2) is 10.4. The van der Waals surface area contributed by atoms with Crippen LogP contribution in [0.5, 0.6) is 23.0 Å². The molecular weight excluding hydrogens is 418 g/mol. The smallest absolute Gasteiger partial charge is 0.155 e. The molecule has 33 heavy (non-hydrogen) atoms. The number of benzene rings is 3. The summed E-state index contributed by atoms with van der Waals surface area (Å²) in [7, 11) is 0. The zero-order valence-electron chi connectivity index (χ0n) is 18.6. The van der Waals surface area contributed by atoms with E-state index in [1.54, 1.807) is 24.3 Å². The molecule has 3 aromatic carbocycles. The molecule has 0 bridgehead atoms. The lowest BCUT2D eigenvalue weighted by molar-refractivity contribution is -0.0381. The van der Waals surface area contributed by atoms with Crippen LogP contribution >= 0.6 is 0 Å². The van der Waals surface area contributed by atoms with Crippen molar-refractivity contribution in [3.63, 3.8) is 0 Å². The van der Waals surface area contributed by atoms with Crippen molar-refractivity contribution < 1.29 is 24.8 Å². The monoisotopic (exact) mass is 447 g/mol. The molecule has 0 fully saturated rings. The van der Waals surface area contributed by atoms with Gasteiger partial charge >= 0.3 is 0 Å². The van der Waals surface area contributed by atoms with Crippen LogP contribution in [0, 0.1) is 0 Å². The second-order valence-corrected chi connectivity index (χ2v) is 8.11. The third kappa shape index (κ3) is 6.06. The van der Waals surface area contributed by atoms with Crippen molar-refractivity contribution in [2.24, 2.45) is 0 Å². The van der Waals surface area contributed by atoms with Crippen molar-refractivity contribution in [2.75, 3.05) is 6.61 Å². The molecule has 6 heteroatoms. The molecular formula is C27H29NO5. The average molecular weight is 448 g/mol. The maximum Gasteiger partial charge on any atom is 0.155 e. The van der Waals surface area contributed by atoms with E-state index in [-0.39, 0.29) is 12.2 Å². The molecule has 4 aromatic rings. The quantitative estimate of drug-likeness (QED) is 0.254. The van der Waals surface area contributed by atoms with Gasteiger partial charge in [-0.05, 0) is 83.6 Å². The average Bonchev–Trinajstić information content (AvgIpc) is 3.18. The Hall–Kier alpha value is -3.48. The minimum absolute atomic E-state index is 0.206. The number of aromatic hydroxyl groups is 1. The molecule has 0 unspecified atom stereocenters. The summed E-state index contributed by atoms with van der Waals surface area (Å²) in [6.07, 6.45) is 1.47. The van der Waals surface area contributed by atoms with E-state index in [4.69, 9.17) is 9.47 Å². The largest absolute Gasteiger partial charge is 0.508 e. The number of fused-ring (bicyclic) bond motifs is 1. The first-order chi connectivity index (χ1) is 16.0. The second-order valence-electron chi connectivity index (χ2n) is 8.11. The topological polar surface area (TPSA) is 94.9 Å². The van der Waals surface area contributed by atoms with Crippen molar-refractivity contribution in [3.05, 3.63) is 83.6 Å². The highest BCUT2D eigenvalue weighted by Gasteiger charge is 2.09. The Labute approximate surface area is 193 Å². The summed E-state index contributed by atoms with van der Waals surface area (Å²) in [5.74, 6) is 2.46. The third-order valence-electron chi connectivity index (χ3n) is 5.41. The molecule has 4 N–H and O–H groups in total. The van der Waals surface area contributed by atoms with E-state index >= 15 is 0 Å². The highest BCUT2D eigenvalue weighted by Crippen LogP contribution is 2.30. The maximum absolute atomic E-state index is 9.43. The highest BCUT2D eigenvalue weighted by molar-refractivity contribution is 5.81. The molecule has 6 nitrogen and oxygen atoms in total. The van der Waals surface area contributed by atoms with Gasteiger partial charge in [0.1, 0.15) is 23.0 Å². The Kier molecular flexibility index (Phi) is 7.17. The van der Waals surface area contributed by atoms with Crippen molar-refractivity contribution in [1.82, 2.24) is 4.98 Å². The Morgan fingerprint density at radius 3 is 2.42 bits per heavy atom. The van der Waals surface area contributed by atoms with Crippen LogP contribution in [0.25, 0.3) is 10.9 Å². The van der Waals surface area contributed by atoms with Gasteiger partial charge in [0.25, 0.3) is 0 Å². The van der Waals surface area contributed by atoms with Crippen molar-refractivity contribution >= 4 is 10.9 Å². The summed E-state index contributed by atoms with van der Waals surface area (Å²) in [5, 5.41) is 28.8. The minimum atomic E-state index is -1.34. The number of phenols is 1. The zero-order chi connectivity index (χ0) is 23.2. The molecule has 0 saturated carbocycles. The molecule has 0 atom stereocenters. The molecule has 0 aliphatic rings. The number of ether oxygens (including phenoxy) is 2. The van der Waals surface area contributed by atoms with Gasteiger partial charge in [-0.25, -0.2) is 0 Å². The number of aliphatic hydroxyl groups excluding tert-OH is 1. The summed E-state index contributed by atoms with van der Waals surface area (Å²) < 4.78 is 12.0. The standard InChI is InChI=1S/C27H29NO5/c1-2-3-19-17-24(33-23-7-5-22(29)6-8-23)9-11-26(19)32-13-12-21-16-20-14-18(15-27(30)31)4-10-25(20)28-21/h4-11,14,16-17,27-31H,2-3,12-13,15H2,1H3. The first-order valence-electron chi connectivity index (χ1n) is 11.2. The summed E-state index contributed by atoms with van der Waals surface area (Å²) >= 11 is 0. The number of rotatable bonds is 10. The van der Waals surface area contributed by atoms with E-state index in [0.717, 1.165) is 58.5 Å². The Balaban J connectivity index is 1.40. The Bertz CT molecular complexity index is 1200. The number of aliphatic hydroxyl groups is 2. The number of aryl methyl sites for hydroxylation is 1. The molecule has 0 spiro atoms. The lowest BCUT2D eigenvalue weighted by Gasteiger charge is -2.13. The lowest BCUT2D eigenvalue weighted by atomic mass is 10.1. The molecule has 0 aliphatic carbocycles. The fourth-order valence-electron chi connectivity index (χ4n) is 3.86. The van der Waals surface area contributed by atoms with Crippen LogP contribution in [0.1, 0.15) is 30.2 Å². The van der Waals surface area contributed by atoms with E-state index in [1.807, 2.05) is 36.4 Å². The Morgan fingerprint density at radius 2 is 1.67 bits per heavy atom. The number of aromatic nitrogens is 1. The fourth-order valence-corrected chi connectivity index (χ4v) is 3.86. The number of aromatic amines is 1. The summed E-state index contributed by atoms with van der Waals surface area (Å²) in [6, 6.07) is 20.4. The van der Waals surface area contributed by atoms with Gasteiger partial charge in [-0.1, -0.05) is 19.4 Å². The van der Waals surface area contributed by atoms with Crippen LogP contribution in [0.15, 0.2) is 66.7 Å². The first-order valence-corrected chi connectivity index (χ1v) is 11.2. The van der Waals surface area contributed by atoms with Gasteiger partial charge in [0.05, 0.1) is 6.61 Å². The van der Waals surface area contributed by atoms with Gasteiger partial charge in [0, 0.05) is 24.1 Å². The molecule has 0 aliphatic heterocycles. The molecule has 0 amide bonds. The van der Waals surface area contributed by atoms with Crippen molar-refractivity contribution in [2.45, 2.75) is 38.9 Å². The number of hydrogen-bond acceptors (Lipinski definition) is 5. The first kappa shape index (κ1) is 22.7. The number of phenolic OH excluding ortho intramolecular Hbond substituents is 1. The minimum Gasteiger partial charge on any atom is -0.508 e. The summed E-state index contributed by atoms with van der Waals surface area (Å²) in [5.41, 5.74) is 4.07. The summed E-state index contributed by atoms with van der Waals surface area (Å²) in [6.45, 7) is 2.66. The normalized spacial score (nSPS) is 11.3. The molecule has 4 rings (SSSR count). The van der Waals surface area contributed by atoms with Gasteiger partial charge in [0.15, 0.2) is 6.29 Å². The highest BCUT2D eigenvalue weighted by atomic mass is 16.5. The van der Waals surface area contributed by atoms with Crippen LogP contribution < -0.4 is 9.47 Å². The SMILES string of the molecule is CCCc1cc(Oc2ccc(O)cc2)ccc1OCCc1cc2cc(CC(O)O)ccc2[nH]1. The van der Waals surface area contributed by atoms with Crippen LogP contribution in [0.4, 0.5) is 0 Å². The van der Waals surface area contributed by atoms with Gasteiger partial charge in [-0.3, -0.25) is 0 Å². The van der Waals surface area contributed by atoms with Crippen LogP contribution in [-0.2, 0) is 19.3 Å². The van der Waals surface area contributed by atoms with Gasteiger partial charge in [-0.15, -0.1) is 0 Å². The fraction of sp³-hybridized carbons (Fsp3) is 0.259. The van der Waals surface area contributed by atoms with E-state index in [2.05, 4.69) is 18.0 Å². The molecule has 1 aromatic heterocycles. The predicted molar refractivity (Wildman–Crippen MR) is 128 cm³/mol. The zero-order valence-corrected chi connectivity index (χ0v) is 18.6. The van der Waals surface area contributed by atoms with Gasteiger partial charge in [-0.2, -0.15) is 0 Å². The third-order valence-corrected chi connectivity index (χ3v) is 5.41. The van der Waals surface area contributed by atoms with E-state index < -0.39 is 6.29 Å². The van der Waals surface area contributed by atoms with Crippen molar-refractivity contribution in [1.29, 1.82) is 0 Å². The van der Waals surface area contributed by atoms with Crippen molar-refractivity contribution in [3.8, 4) is 23.0 Å². The molecule has 172 valence electrons. The molecule has 0 saturated heterocycles. The van der Waals surface area contributed by atoms with E-state index in [0.29, 0.717) is 12.4 Å². The summed E-state index contributed by atoms with van der Waals surface area (Å²) in [4.78, 5) is 3.40. The van der Waals surface area contributed by atoms with E-state index in [1.165, 1.54) is 0 Å². The lowest BCUT2D eigenvalue weighted by Crippen LogP contribution is -2.07. The van der Waals surface area contributed by atoms with Crippen LogP contribution in [0.2, 0.25) is 0 Å². The predicted octanol–water partition coefficient (Wildman–Crippen LogP) is 5.09. The number of nitrogens with one attached hydrogen (secondary N) is 1. The van der Waals surface area contributed by atoms with Crippen LogP contribution in [-0.4, -0.2) is 33.2 Å². The van der Waals surface area contributed by atoms with Gasteiger partial charge in [0.2, 0.25) is 0 Å². The van der Waals surface area contributed by atoms with Crippen LogP contribution in [0.3, 0.4) is 0 Å². The maximum atomic E-state index is 9.43. The molecule has 1 heterocycles. The number of H-pyrrole nitrogens is 1. The van der Waals surface area contributed by atoms with E-state index in [9.17, 15) is 15.3 Å².